The molecule has 1 aromatic heterocycles. The van der Waals surface area contributed by atoms with Crippen LogP contribution in [0, 0.1) is 12.8 Å². The Morgan fingerprint density at radius 3 is 2.34 bits per heavy atom. The maximum Gasteiger partial charge on any atom is 0.517 e. The fraction of sp³-hybridized carbons (Fsp3) is 0.444. The number of alkyl halides is 3. The molecular formula is C18H21F3N2O5S. The third kappa shape index (κ3) is 4.55. The average molecular weight is 434 g/mol. The van der Waals surface area contributed by atoms with Crippen molar-refractivity contribution in [3.8, 4) is 0 Å². The van der Waals surface area contributed by atoms with E-state index in [1.165, 1.54) is 22.9 Å². The fourth-order valence-electron chi connectivity index (χ4n) is 2.85. The molecule has 1 heterocycles. The highest BCUT2D eigenvalue weighted by atomic mass is 32.2. The number of amides is 1. The summed E-state index contributed by atoms with van der Waals surface area (Å²) in [6, 6.07) is 5.22. The summed E-state index contributed by atoms with van der Waals surface area (Å²) in [7, 11) is -5.96. The first-order chi connectivity index (χ1) is 13.3. The molecule has 11 heteroatoms. The number of carbonyl (C=O) groups is 1. The molecule has 0 atom stereocenters. The van der Waals surface area contributed by atoms with E-state index in [9.17, 15) is 31.2 Å². The number of carbonyl (C=O) groups excluding carboxylic acids is 1. The SMILES string of the molecule is CC(=O)N(c1ccccc1Cc1c(C)n(CC(C)C)oc1=O)S(=O)(=O)C(F)(F)F. The lowest BCUT2D eigenvalue weighted by Gasteiger charge is -2.24. The maximum absolute atomic E-state index is 13.1. The minimum atomic E-state index is -5.96. The Morgan fingerprint density at radius 1 is 1.24 bits per heavy atom. The number of hydrogen-bond donors (Lipinski definition) is 0. The van der Waals surface area contributed by atoms with E-state index < -0.39 is 32.8 Å². The zero-order valence-corrected chi connectivity index (χ0v) is 17.1. The van der Waals surface area contributed by atoms with E-state index in [2.05, 4.69) is 0 Å². The molecule has 0 saturated carbocycles. The van der Waals surface area contributed by atoms with Crippen LogP contribution in [-0.2, 0) is 27.8 Å². The second kappa shape index (κ2) is 8.05. The van der Waals surface area contributed by atoms with E-state index in [-0.39, 0.29) is 27.8 Å². The van der Waals surface area contributed by atoms with Crippen molar-refractivity contribution in [3.05, 3.63) is 51.5 Å². The van der Waals surface area contributed by atoms with Crippen molar-refractivity contribution >= 4 is 21.6 Å². The van der Waals surface area contributed by atoms with Gasteiger partial charge in [0.15, 0.2) is 0 Å². The number of rotatable bonds is 6. The first kappa shape index (κ1) is 22.7. The fourth-order valence-corrected chi connectivity index (χ4v) is 3.83. The monoisotopic (exact) mass is 434 g/mol. The number of benzene rings is 1. The summed E-state index contributed by atoms with van der Waals surface area (Å²) in [6.07, 6.45) is -0.202. The molecule has 7 nitrogen and oxygen atoms in total. The third-order valence-corrected chi connectivity index (χ3v) is 5.70. The second-order valence-electron chi connectivity index (χ2n) is 6.94. The zero-order chi connectivity index (χ0) is 22.1. The summed E-state index contributed by atoms with van der Waals surface area (Å²) >= 11 is 0. The standard InChI is InChI=1S/C18H21F3N2O5S/c1-11(2)10-22-12(3)15(17(25)28-22)9-14-7-5-6-8-16(14)23(13(4)24)29(26,27)18(19,20)21/h5-8,11H,9-10H2,1-4H3. The van der Waals surface area contributed by atoms with Crippen molar-refractivity contribution in [1.82, 2.24) is 4.74 Å². The van der Waals surface area contributed by atoms with Crippen LogP contribution < -0.4 is 9.93 Å². The molecule has 29 heavy (non-hydrogen) atoms. The van der Waals surface area contributed by atoms with Gasteiger partial charge in [0.1, 0.15) is 0 Å². The molecule has 160 valence electrons. The van der Waals surface area contributed by atoms with E-state index in [4.69, 9.17) is 4.52 Å². The van der Waals surface area contributed by atoms with E-state index in [1.54, 1.807) is 6.92 Å². The van der Waals surface area contributed by atoms with Crippen molar-refractivity contribution in [2.45, 2.75) is 46.2 Å². The van der Waals surface area contributed by atoms with Crippen molar-refractivity contribution in [2.75, 3.05) is 4.31 Å². The van der Waals surface area contributed by atoms with Gasteiger partial charge in [0.25, 0.3) is 0 Å². The van der Waals surface area contributed by atoms with Crippen LogP contribution in [0.15, 0.2) is 33.6 Å². The predicted molar refractivity (Wildman–Crippen MR) is 99.9 cm³/mol. The molecule has 2 aromatic rings. The molecule has 0 spiro atoms. The number of nitrogens with zero attached hydrogens (tertiary/aromatic N) is 2. The van der Waals surface area contributed by atoms with Crippen molar-refractivity contribution in [3.63, 3.8) is 0 Å². The number of halogens is 3. The number of sulfonamides is 1. The molecule has 2 rings (SSSR count). The number of para-hydroxylation sites is 1. The van der Waals surface area contributed by atoms with Crippen LogP contribution in [0.1, 0.15) is 37.6 Å². The largest absolute Gasteiger partial charge is 0.517 e. The van der Waals surface area contributed by atoms with Gasteiger partial charge >= 0.3 is 21.2 Å². The normalized spacial score (nSPS) is 12.4. The molecule has 0 bridgehead atoms. The lowest BCUT2D eigenvalue weighted by atomic mass is 10.0. The number of hydrogen-bond acceptors (Lipinski definition) is 5. The Bertz CT molecular complexity index is 1070. The summed E-state index contributed by atoms with van der Waals surface area (Å²) in [4.78, 5) is 24.1. The Labute approximate surface area is 165 Å². The molecule has 0 radical (unpaired) electrons. The van der Waals surface area contributed by atoms with Gasteiger partial charge in [-0.15, -0.1) is 0 Å². The van der Waals surface area contributed by atoms with Crippen molar-refractivity contribution < 1.29 is 30.9 Å². The highest BCUT2D eigenvalue weighted by molar-refractivity contribution is 7.94. The first-order valence-electron chi connectivity index (χ1n) is 8.67. The van der Waals surface area contributed by atoms with Gasteiger partial charge in [-0.05, 0) is 24.5 Å². The molecule has 0 unspecified atom stereocenters. The van der Waals surface area contributed by atoms with Gasteiger partial charge in [-0.2, -0.15) is 25.9 Å². The summed E-state index contributed by atoms with van der Waals surface area (Å²) in [6.45, 7) is 6.60. The summed E-state index contributed by atoms with van der Waals surface area (Å²) in [5.74, 6) is -1.15. The van der Waals surface area contributed by atoms with Gasteiger partial charge in [-0.3, -0.25) is 4.79 Å². The molecular weight excluding hydrogens is 413 g/mol. The molecule has 0 aliphatic heterocycles. The van der Waals surface area contributed by atoms with E-state index >= 15 is 0 Å². The summed E-state index contributed by atoms with van der Waals surface area (Å²) < 4.78 is 69.5. The summed E-state index contributed by atoms with van der Waals surface area (Å²) in [5, 5.41) is 0. The topological polar surface area (TPSA) is 89.6 Å². The number of aromatic nitrogens is 1. The zero-order valence-electron chi connectivity index (χ0n) is 16.3. The minimum absolute atomic E-state index is 0.0632. The number of anilines is 1. The van der Waals surface area contributed by atoms with Crippen LogP contribution in [0.2, 0.25) is 0 Å². The van der Waals surface area contributed by atoms with Gasteiger partial charge in [-0.25, -0.2) is 9.53 Å². The van der Waals surface area contributed by atoms with Crippen LogP contribution in [0.25, 0.3) is 0 Å². The van der Waals surface area contributed by atoms with E-state index in [0.717, 1.165) is 13.0 Å². The van der Waals surface area contributed by atoms with Crippen molar-refractivity contribution in [1.29, 1.82) is 0 Å². The Balaban J connectivity index is 2.59. The van der Waals surface area contributed by atoms with Crippen LogP contribution in [0.3, 0.4) is 0 Å². The van der Waals surface area contributed by atoms with Crippen LogP contribution in [0.4, 0.5) is 18.9 Å². The highest BCUT2D eigenvalue weighted by Crippen LogP contribution is 2.33. The van der Waals surface area contributed by atoms with E-state index in [1.807, 2.05) is 13.8 Å². The second-order valence-corrected chi connectivity index (χ2v) is 8.72. The Morgan fingerprint density at radius 2 is 1.83 bits per heavy atom. The van der Waals surface area contributed by atoms with Gasteiger partial charge < -0.3 is 4.52 Å². The van der Waals surface area contributed by atoms with Crippen LogP contribution >= 0.6 is 0 Å². The average Bonchev–Trinajstić information content (AvgIpc) is 2.81. The third-order valence-electron chi connectivity index (χ3n) is 4.18. The van der Waals surface area contributed by atoms with E-state index in [0.29, 0.717) is 12.2 Å². The maximum atomic E-state index is 13.1. The Hall–Kier alpha value is -2.56. The van der Waals surface area contributed by atoms with Gasteiger partial charge in [0.2, 0.25) is 5.91 Å². The minimum Gasteiger partial charge on any atom is -0.336 e. The van der Waals surface area contributed by atoms with Crippen LogP contribution in [0.5, 0.6) is 0 Å². The molecule has 0 aliphatic carbocycles. The van der Waals surface area contributed by atoms with Crippen molar-refractivity contribution in [2.24, 2.45) is 5.92 Å². The van der Waals surface area contributed by atoms with Gasteiger partial charge in [0.05, 0.1) is 23.5 Å². The lowest BCUT2D eigenvalue weighted by Crippen LogP contribution is -2.44. The van der Waals surface area contributed by atoms with Gasteiger partial charge in [0, 0.05) is 13.3 Å². The summed E-state index contributed by atoms with van der Waals surface area (Å²) in [5.41, 5.74) is -6.09. The van der Waals surface area contributed by atoms with Crippen LogP contribution in [-0.4, -0.2) is 24.6 Å². The first-order valence-corrected chi connectivity index (χ1v) is 10.1. The predicted octanol–water partition coefficient (Wildman–Crippen LogP) is 3.20. The molecule has 0 saturated heterocycles. The molecule has 0 N–H and O–H groups in total. The molecule has 0 fully saturated rings. The molecule has 1 aromatic carbocycles. The highest BCUT2D eigenvalue weighted by Gasteiger charge is 2.52. The lowest BCUT2D eigenvalue weighted by molar-refractivity contribution is -0.115. The smallest absolute Gasteiger partial charge is 0.336 e. The Kier molecular flexibility index (Phi) is 6.31. The molecule has 0 aliphatic rings. The molecule has 1 amide bonds. The quantitative estimate of drug-likeness (QED) is 0.697. The van der Waals surface area contributed by atoms with Gasteiger partial charge in [-0.1, -0.05) is 32.0 Å².